The predicted octanol–water partition coefficient (Wildman–Crippen LogP) is 4.95. The van der Waals surface area contributed by atoms with E-state index in [1.165, 1.54) is 48.3 Å². The van der Waals surface area contributed by atoms with Crippen LogP contribution in [0.4, 0.5) is 4.79 Å². The number of hydrogen-bond donors (Lipinski definition) is 5. The number of esters is 1. The number of fused-ring (bicyclic) bond motifs is 6. The van der Waals surface area contributed by atoms with Crippen molar-refractivity contribution in [2.75, 3.05) is 39.8 Å². The molecule has 1 spiro atoms. The van der Waals surface area contributed by atoms with E-state index < -0.39 is 29.0 Å². The standard InChI is InChI=1S/C45H48N4O12/c1-24-25(2)40(55)38(26(3)39(24)54)44(4,5)23-37(53)48(6)18-19-49(43(58)59)17-7-8-36(52)46-15-16-47-41(56)27-9-12-31-30(20-27)42(57)61-45(31)32-13-10-28(50)21-34(32)60-35-22-29(51)11-14-33(35)45/h9-14,20-22,50-51H,7-8,15-19,23H2,1-6H3,(H,46,52)(H,47,56)(H,58,59). The van der Waals surface area contributed by atoms with Gasteiger partial charge in [-0.25, -0.2) is 9.59 Å². The maximum Gasteiger partial charge on any atom is 0.407 e. The van der Waals surface area contributed by atoms with Crippen LogP contribution < -0.4 is 15.4 Å². The number of amides is 4. The molecule has 3 aromatic carbocycles. The van der Waals surface area contributed by atoms with Crippen LogP contribution in [0.5, 0.6) is 23.0 Å². The smallest absolute Gasteiger partial charge is 0.407 e. The summed E-state index contributed by atoms with van der Waals surface area (Å²) < 4.78 is 12.0. The zero-order valence-corrected chi connectivity index (χ0v) is 34.8. The van der Waals surface area contributed by atoms with Gasteiger partial charge in [-0.3, -0.25) is 24.0 Å². The summed E-state index contributed by atoms with van der Waals surface area (Å²) >= 11 is 0. The van der Waals surface area contributed by atoms with Gasteiger partial charge in [0.15, 0.2) is 17.2 Å². The lowest BCUT2D eigenvalue weighted by atomic mass is 9.71. The molecule has 0 unspecified atom stereocenters. The fourth-order valence-electron chi connectivity index (χ4n) is 8.05. The number of benzene rings is 3. The minimum absolute atomic E-state index is 0.000446. The Morgan fingerprint density at radius 3 is 1.97 bits per heavy atom. The molecule has 2 heterocycles. The maximum absolute atomic E-state index is 13.4. The summed E-state index contributed by atoms with van der Waals surface area (Å²) in [4.78, 5) is 92.6. The highest BCUT2D eigenvalue weighted by molar-refractivity contribution is 6.25. The van der Waals surface area contributed by atoms with E-state index in [-0.39, 0.29) is 109 Å². The lowest BCUT2D eigenvalue weighted by Crippen LogP contribution is -2.41. The van der Waals surface area contributed by atoms with E-state index in [0.29, 0.717) is 39.0 Å². The van der Waals surface area contributed by atoms with Crippen LogP contribution in [0.3, 0.4) is 0 Å². The van der Waals surface area contributed by atoms with Crippen LogP contribution in [0, 0.1) is 5.41 Å². The van der Waals surface area contributed by atoms with E-state index in [1.54, 1.807) is 52.8 Å². The molecule has 1 aliphatic carbocycles. The number of phenolic OH excluding ortho intramolecular Hbond substituents is 2. The number of nitrogens with one attached hydrogen (secondary N) is 2. The second-order valence-electron chi connectivity index (χ2n) is 16.1. The van der Waals surface area contributed by atoms with Gasteiger partial charge in [0.2, 0.25) is 11.8 Å². The van der Waals surface area contributed by atoms with Crippen molar-refractivity contribution in [3.05, 3.63) is 105 Å². The van der Waals surface area contributed by atoms with Crippen LogP contribution in [0.1, 0.15) is 91.3 Å². The largest absolute Gasteiger partial charge is 0.508 e. The number of allylic oxidation sites excluding steroid dienone is 4. The Labute approximate surface area is 351 Å². The molecule has 320 valence electrons. The monoisotopic (exact) mass is 836 g/mol. The molecule has 0 fully saturated rings. The topological polar surface area (TPSA) is 229 Å². The average Bonchev–Trinajstić information content (AvgIpc) is 3.49. The highest BCUT2D eigenvalue weighted by Gasteiger charge is 2.54. The maximum atomic E-state index is 13.4. The van der Waals surface area contributed by atoms with Gasteiger partial charge in [0, 0.05) is 115 Å². The molecular weight excluding hydrogens is 789 g/mol. The van der Waals surface area contributed by atoms with Crippen LogP contribution in [-0.2, 0) is 29.5 Å². The van der Waals surface area contributed by atoms with Gasteiger partial charge in [-0.2, -0.15) is 0 Å². The summed E-state index contributed by atoms with van der Waals surface area (Å²) in [5.74, 6) is -2.08. The number of likely N-dealkylation sites (N-methyl/N-ethyl adjacent to an activating group) is 1. The van der Waals surface area contributed by atoms with Crippen molar-refractivity contribution < 1.29 is 58.4 Å². The first-order valence-electron chi connectivity index (χ1n) is 19.7. The number of ketones is 2. The number of hydrogen-bond acceptors (Lipinski definition) is 11. The zero-order valence-electron chi connectivity index (χ0n) is 34.8. The predicted molar refractivity (Wildman–Crippen MR) is 219 cm³/mol. The summed E-state index contributed by atoms with van der Waals surface area (Å²) in [6.07, 6.45) is -1.09. The molecule has 5 N–H and O–H groups in total. The average molecular weight is 837 g/mol. The SMILES string of the molecule is CC1=C(C)C(=O)C(C(C)(C)CC(=O)N(C)CCN(CCCC(=O)NCCNC(=O)c2ccc3c(c2)C(=O)OC32c3ccc(O)cc3Oc3cc(O)ccc32)C(=O)O)=C(C)C1=O. The summed E-state index contributed by atoms with van der Waals surface area (Å²) in [6.45, 7) is 8.46. The first kappa shape index (κ1) is 43.6. The number of Topliss-reactive ketones (excluding diaryl/α,β-unsaturated/α-hetero) is 2. The van der Waals surface area contributed by atoms with Gasteiger partial charge < -0.3 is 45.2 Å². The molecule has 61 heavy (non-hydrogen) atoms. The molecule has 2 aliphatic heterocycles. The van der Waals surface area contributed by atoms with Crippen LogP contribution in [-0.4, -0.2) is 106 Å². The van der Waals surface area contributed by atoms with Crippen molar-refractivity contribution in [1.82, 2.24) is 20.4 Å². The second kappa shape index (κ2) is 17.0. The van der Waals surface area contributed by atoms with Gasteiger partial charge in [-0.1, -0.05) is 19.9 Å². The highest BCUT2D eigenvalue weighted by atomic mass is 16.6. The van der Waals surface area contributed by atoms with E-state index in [2.05, 4.69) is 10.6 Å². The fraction of sp³-hybridized carbons (Fsp3) is 0.356. The molecule has 0 saturated carbocycles. The minimum Gasteiger partial charge on any atom is -0.508 e. The number of ether oxygens (including phenoxy) is 2. The second-order valence-corrected chi connectivity index (χ2v) is 16.1. The van der Waals surface area contributed by atoms with E-state index in [1.807, 2.05) is 0 Å². The summed E-state index contributed by atoms with van der Waals surface area (Å²) in [5.41, 5.74) is 0.596. The van der Waals surface area contributed by atoms with Gasteiger partial charge in [0.05, 0.1) is 5.56 Å². The fourth-order valence-corrected chi connectivity index (χ4v) is 8.05. The molecule has 4 amide bonds. The van der Waals surface area contributed by atoms with Crippen molar-refractivity contribution in [1.29, 1.82) is 0 Å². The van der Waals surface area contributed by atoms with Gasteiger partial charge in [0.25, 0.3) is 5.91 Å². The lowest BCUT2D eigenvalue weighted by Gasteiger charge is -2.36. The Morgan fingerprint density at radius 1 is 0.754 bits per heavy atom. The molecule has 3 aromatic rings. The van der Waals surface area contributed by atoms with Gasteiger partial charge >= 0.3 is 12.1 Å². The van der Waals surface area contributed by atoms with Crippen LogP contribution in [0.25, 0.3) is 0 Å². The lowest BCUT2D eigenvalue weighted by molar-refractivity contribution is -0.132. The van der Waals surface area contributed by atoms with Gasteiger partial charge in [-0.05, 0) is 63.6 Å². The van der Waals surface area contributed by atoms with Crippen molar-refractivity contribution in [3.63, 3.8) is 0 Å². The Kier molecular flexibility index (Phi) is 12.1. The Balaban J connectivity index is 0.967. The van der Waals surface area contributed by atoms with Crippen molar-refractivity contribution >= 4 is 41.4 Å². The summed E-state index contributed by atoms with van der Waals surface area (Å²) in [5, 5.41) is 35.4. The number of nitrogens with zero attached hydrogens (tertiary/aromatic N) is 2. The molecule has 16 nitrogen and oxygen atoms in total. The number of carboxylic acid groups (broad SMARTS) is 1. The van der Waals surface area contributed by atoms with Crippen molar-refractivity contribution in [2.45, 2.75) is 59.5 Å². The number of phenols is 2. The van der Waals surface area contributed by atoms with E-state index >= 15 is 0 Å². The highest BCUT2D eigenvalue weighted by Crippen LogP contribution is 2.57. The third-order valence-corrected chi connectivity index (χ3v) is 11.5. The molecule has 16 heteroatoms. The Bertz CT molecular complexity index is 2400. The molecule has 0 saturated heterocycles. The van der Waals surface area contributed by atoms with Crippen LogP contribution >= 0.6 is 0 Å². The van der Waals surface area contributed by atoms with E-state index in [9.17, 15) is 48.9 Å². The number of rotatable bonds is 14. The number of carbonyl (C=O) groups excluding carboxylic acids is 6. The van der Waals surface area contributed by atoms with E-state index in [0.717, 1.165) is 4.90 Å². The van der Waals surface area contributed by atoms with Gasteiger partial charge in [0.1, 0.15) is 23.0 Å². The zero-order chi connectivity index (χ0) is 44.6. The molecule has 3 aliphatic rings. The van der Waals surface area contributed by atoms with Gasteiger partial charge in [-0.15, -0.1) is 0 Å². The summed E-state index contributed by atoms with van der Waals surface area (Å²) in [6, 6.07) is 13.4. The normalized spacial score (nSPS) is 15.1. The van der Waals surface area contributed by atoms with Crippen molar-refractivity contribution in [3.8, 4) is 23.0 Å². The Morgan fingerprint density at radius 2 is 1.34 bits per heavy atom. The quantitative estimate of drug-likeness (QED) is 0.0826. The molecule has 6 rings (SSSR count). The number of aromatic hydroxyl groups is 2. The summed E-state index contributed by atoms with van der Waals surface area (Å²) in [7, 11) is 1.54. The third kappa shape index (κ3) is 8.42. The van der Waals surface area contributed by atoms with E-state index in [4.69, 9.17) is 9.47 Å². The van der Waals surface area contributed by atoms with Crippen molar-refractivity contribution in [2.24, 2.45) is 5.41 Å². The molecular formula is C45H48N4O12. The first-order valence-corrected chi connectivity index (χ1v) is 19.7. The van der Waals surface area contributed by atoms with Crippen LogP contribution in [0.15, 0.2) is 76.9 Å². The molecule has 0 radical (unpaired) electrons. The first-order chi connectivity index (χ1) is 28.8. The molecule has 0 atom stereocenters. The van der Waals surface area contributed by atoms with Crippen LogP contribution in [0.2, 0.25) is 0 Å². The Hall–Kier alpha value is -6.97. The minimum atomic E-state index is -1.47. The third-order valence-electron chi connectivity index (χ3n) is 11.5. The molecule has 0 aromatic heterocycles. The molecule has 0 bridgehead atoms. The number of carbonyl (C=O) groups is 7.